The lowest BCUT2D eigenvalue weighted by Gasteiger charge is -2.20. The highest BCUT2D eigenvalue weighted by molar-refractivity contribution is 7.89. The Morgan fingerprint density at radius 1 is 0.964 bits per heavy atom. The lowest BCUT2D eigenvalue weighted by atomic mass is 10.0. The molecule has 0 fully saturated rings. The van der Waals surface area contributed by atoms with Gasteiger partial charge in [0.15, 0.2) is 0 Å². The van der Waals surface area contributed by atoms with Crippen LogP contribution in [0.5, 0.6) is 5.75 Å². The molecule has 1 aromatic heterocycles. The van der Waals surface area contributed by atoms with Crippen LogP contribution in [0.15, 0.2) is 71.6 Å². The molecule has 0 bridgehead atoms. The molecule has 0 aliphatic heterocycles. The summed E-state index contributed by atoms with van der Waals surface area (Å²) in [6.45, 7) is 3.84. The number of hydrogen-bond acceptors (Lipinski definition) is 4. The van der Waals surface area contributed by atoms with Gasteiger partial charge in [-0.3, -0.25) is 4.98 Å². The fourth-order valence-electron chi connectivity index (χ4n) is 2.96. The molecule has 3 rings (SSSR count). The zero-order valence-electron chi connectivity index (χ0n) is 16.2. The second-order valence-corrected chi connectivity index (χ2v) is 8.45. The first-order valence-corrected chi connectivity index (χ1v) is 10.5. The van der Waals surface area contributed by atoms with Crippen LogP contribution in [0.4, 0.5) is 0 Å². The van der Waals surface area contributed by atoms with Crippen molar-refractivity contribution in [1.82, 2.24) is 9.71 Å². The van der Waals surface area contributed by atoms with Crippen LogP contribution >= 0.6 is 0 Å². The maximum atomic E-state index is 13.0. The zero-order valence-corrected chi connectivity index (χ0v) is 17.0. The zero-order chi connectivity index (χ0) is 20.1. The van der Waals surface area contributed by atoms with E-state index >= 15 is 0 Å². The van der Waals surface area contributed by atoms with E-state index in [-0.39, 0.29) is 4.90 Å². The second kappa shape index (κ2) is 8.54. The molecule has 6 heteroatoms. The lowest BCUT2D eigenvalue weighted by molar-refractivity contribution is 0.414. The normalized spacial score (nSPS) is 12.5. The third-order valence-corrected chi connectivity index (χ3v) is 5.99. The van der Waals surface area contributed by atoms with E-state index in [2.05, 4.69) is 9.71 Å². The molecule has 0 spiro atoms. The number of rotatable bonds is 7. The first-order valence-electron chi connectivity index (χ1n) is 9.03. The average Bonchev–Trinajstić information content (AvgIpc) is 2.68. The van der Waals surface area contributed by atoms with Crippen LogP contribution in [-0.2, 0) is 16.4 Å². The van der Waals surface area contributed by atoms with E-state index in [9.17, 15) is 8.42 Å². The number of sulfonamides is 1. The van der Waals surface area contributed by atoms with Crippen LogP contribution < -0.4 is 9.46 Å². The van der Waals surface area contributed by atoms with E-state index in [1.165, 1.54) is 0 Å². The van der Waals surface area contributed by atoms with Gasteiger partial charge in [0, 0.05) is 17.8 Å². The number of ether oxygens (including phenoxy) is 1. The van der Waals surface area contributed by atoms with Crippen LogP contribution in [0.25, 0.3) is 0 Å². The molecule has 0 radical (unpaired) electrons. The van der Waals surface area contributed by atoms with Crippen molar-refractivity contribution in [2.45, 2.75) is 31.2 Å². The molecule has 0 aliphatic rings. The number of methoxy groups -OCH3 is 1. The summed E-state index contributed by atoms with van der Waals surface area (Å²) in [7, 11) is -2.08. The highest BCUT2D eigenvalue weighted by atomic mass is 32.2. The maximum Gasteiger partial charge on any atom is 0.241 e. The summed E-state index contributed by atoms with van der Waals surface area (Å²) < 4.78 is 34.0. The van der Waals surface area contributed by atoms with Gasteiger partial charge in [0.2, 0.25) is 10.0 Å². The van der Waals surface area contributed by atoms with Crippen molar-refractivity contribution < 1.29 is 13.2 Å². The van der Waals surface area contributed by atoms with Crippen molar-refractivity contribution >= 4 is 10.0 Å². The molecule has 5 nitrogen and oxygen atoms in total. The molecular formula is C22H24N2O3S. The Morgan fingerprint density at radius 3 is 2.25 bits per heavy atom. The molecule has 3 aromatic rings. The van der Waals surface area contributed by atoms with E-state index in [0.29, 0.717) is 6.42 Å². The van der Waals surface area contributed by atoms with Gasteiger partial charge in [0.25, 0.3) is 0 Å². The predicted molar refractivity (Wildman–Crippen MR) is 110 cm³/mol. The van der Waals surface area contributed by atoms with E-state index in [1.807, 2.05) is 56.3 Å². The number of nitrogens with one attached hydrogen (secondary N) is 1. The summed E-state index contributed by atoms with van der Waals surface area (Å²) in [5.41, 5.74) is 3.58. The molecule has 1 heterocycles. The predicted octanol–water partition coefficient (Wildman–Crippen LogP) is 3.97. The molecule has 0 saturated carbocycles. The third kappa shape index (κ3) is 4.97. The van der Waals surface area contributed by atoms with Gasteiger partial charge in [-0.2, -0.15) is 0 Å². The van der Waals surface area contributed by atoms with Gasteiger partial charge in [-0.05, 0) is 55.8 Å². The quantitative estimate of drug-likeness (QED) is 0.656. The number of hydrogen-bond donors (Lipinski definition) is 1. The SMILES string of the molecule is COc1ccc(C(Cc2cccc(C)n2)NS(=O)(=O)c2ccc(C)cc2)cc1. The highest BCUT2D eigenvalue weighted by Crippen LogP contribution is 2.23. The van der Waals surface area contributed by atoms with Crippen LogP contribution in [0.2, 0.25) is 0 Å². The number of pyridine rings is 1. The van der Waals surface area contributed by atoms with Crippen LogP contribution in [-0.4, -0.2) is 20.5 Å². The van der Waals surface area contributed by atoms with Gasteiger partial charge in [-0.15, -0.1) is 0 Å². The minimum Gasteiger partial charge on any atom is -0.497 e. The van der Waals surface area contributed by atoms with Gasteiger partial charge in [0.1, 0.15) is 5.75 Å². The molecular weight excluding hydrogens is 372 g/mol. The Labute approximate surface area is 166 Å². The average molecular weight is 397 g/mol. The Morgan fingerprint density at radius 2 is 1.64 bits per heavy atom. The lowest BCUT2D eigenvalue weighted by Crippen LogP contribution is -2.30. The van der Waals surface area contributed by atoms with Crippen LogP contribution in [0, 0.1) is 13.8 Å². The van der Waals surface area contributed by atoms with Crippen molar-refractivity contribution in [3.8, 4) is 5.75 Å². The second-order valence-electron chi connectivity index (χ2n) is 6.73. The van der Waals surface area contributed by atoms with Crippen molar-refractivity contribution in [2.75, 3.05) is 7.11 Å². The number of benzene rings is 2. The van der Waals surface area contributed by atoms with Gasteiger partial charge in [-0.1, -0.05) is 35.9 Å². The minimum absolute atomic E-state index is 0.244. The van der Waals surface area contributed by atoms with Gasteiger partial charge in [-0.25, -0.2) is 13.1 Å². The van der Waals surface area contributed by atoms with E-state index in [4.69, 9.17) is 4.74 Å². The van der Waals surface area contributed by atoms with Crippen molar-refractivity contribution in [2.24, 2.45) is 0 Å². The first kappa shape index (κ1) is 20.0. The van der Waals surface area contributed by atoms with Crippen LogP contribution in [0.1, 0.15) is 28.6 Å². The highest BCUT2D eigenvalue weighted by Gasteiger charge is 2.22. The fraction of sp³-hybridized carbons (Fsp3) is 0.227. The molecule has 1 atom stereocenters. The van der Waals surface area contributed by atoms with Crippen molar-refractivity contribution in [1.29, 1.82) is 0 Å². The monoisotopic (exact) mass is 396 g/mol. The summed E-state index contributed by atoms with van der Waals surface area (Å²) >= 11 is 0. The third-order valence-electron chi connectivity index (χ3n) is 4.51. The topological polar surface area (TPSA) is 68.3 Å². The molecule has 0 amide bonds. The number of aromatic nitrogens is 1. The Hall–Kier alpha value is -2.70. The Kier molecular flexibility index (Phi) is 6.11. The summed E-state index contributed by atoms with van der Waals surface area (Å²) in [5, 5.41) is 0. The number of aryl methyl sites for hydroxylation is 2. The van der Waals surface area contributed by atoms with E-state index < -0.39 is 16.1 Å². The summed E-state index contributed by atoms with van der Waals surface area (Å²) in [6, 6.07) is 19.5. The molecule has 0 saturated heterocycles. The van der Waals surface area contributed by atoms with E-state index in [0.717, 1.165) is 28.3 Å². The van der Waals surface area contributed by atoms with E-state index in [1.54, 1.807) is 31.4 Å². The molecule has 146 valence electrons. The number of nitrogens with zero attached hydrogens (tertiary/aromatic N) is 1. The standard InChI is InChI=1S/C22H24N2O3S/c1-16-7-13-21(14-8-16)28(25,26)24-22(15-19-6-4-5-17(2)23-19)18-9-11-20(27-3)12-10-18/h4-14,22,24H,15H2,1-3H3. The largest absolute Gasteiger partial charge is 0.497 e. The summed E-state index contributed by atoms with van der Waals surface area (Å²) in [5.74, 6) is 0.720. The van der Waals surface area contributed by atoms with Crippen molar-refractivity contribution in [3.63, 3.8) is 0 Å². The maximum absolute atomic E-state index is 13.0. The van der Waals surface area contributed by atoms with Crippen LogP contribution in [0.3, 0.4) is 0 Å². The molecule has 2 aromatic carbocycles. The molecule has 1 unspecified atom stereocenters. The van der Waals surface area contributed by atoms with Crippen molar-refractivity contribution in [3.05, 3.63) is 89.2 Å². The van der Waals surface area contributed by atoms with Gasteiger partial charge >= 0.3 is 0 Å². The first-order chi connectivity index (χ1) is 13.4. The molecule has 1 N–H and O–H groups in total. The Bertz CT molecular complexity index is 1030. The van der Waals surface area contributed by atoms with Gasteiger partial charge < -0.3 is 4.74 Å². The smallest absolute Gasteiger partial charge is 0.241 e. The molecule has 0 aliphatic carbocycles. The molecule has 28 heavy (non-hydrogen) atoms. The van der Waals surface area contributed by atoms with Gasteiger partial charge in [0.05, 0.1) is 18.0 Å². The minimum atomic E-state index is -3.68. The Balaban J connectivity index is 1.93. The summed E-state index contributed by atoms with van der Waals surface area (Å²) in [4.78, 5) is 4.77. The fourth-order valence-corrected chi connectivity index (χ4v) is 4.18. The summed E-state index contributed by atoms with van der Waals surface area (Å²) in [6.07, 6.45) is 0.444.